The van der Waals surface area contributed by atoms with Crippen molar-refractivity contribution in [3.05, 3.63) is 35.4 Å². The predicted octanol–water partition coefficient (Wildman–Crippen LogP) is 0.764. The number of nitrogens with two attached hydrogens (primary N) is 1. The molecule has 19 heavy (non-hydrogen) atoms. The predicted molar refractivity (Wildman–Crippen MR) is 75.8 cm³/mol. The van der Waals surface area contributed by atoms with Crippen LogP contribution >= 0.6 is 11.8 Å². The summed E-state index contributed by atoms with van der Waals surface area (Å²) < 4.78 is 1.71. The molecule has 0 aliphatic heterocycles. The van der Waals surface area contributed by atoms with Crippen LogP contribution in [0.25, 0.3) is 0 Å². The third-order valence-electron chi connectivity index (χ3n) is 2.87. The summed E-state index contributed by atoms with van der Waals surface area (Å²) in [7, 11) is 1.87. The number of hydrogen-bond donors (Lipinski definition) is 1. The first-order chi connectivity index (χ1) is 9.25. The maximum Gasteiger partial charge on any atom is 0.209 e. The Morgan fingerprint density at radius 2 is 2.05 bits per heavy atom. The van der Waals surface area contributed by atoms with Crippen LogP contribution in [0.4, 0.5) is 0 Å². The minimum absolute atomic E-state index is 0.888. The zero-order valence-electron chi connectivity index (χ0n) is 11.4. The van der Waals surface area contributed by atoms with Gasteiger partial charge < -0.3 is 5.32 Å². The van der Waals surface area contributed by atoms with E-state index in [2.05, 4.69) is 52.0 Å². The van der Waals surface area contributed by atoms with Gasteiger partial charge in [0.1, 0.15) is 6.54 Å². The Hall–Kier alpha value is -1.40. The molecular formula is C13H20N5S+. The number of aryl methyl sites for hydroxylation is 2. The largest absolute Gasteiger partial charge is 0.342 e. The summed E-state index contributed by atoms with van der Waals surface area (Å²) in [5, 5.41) is 14.6. The Morgan fingerprint density at radius 1 is 1.26 bits per heavy atom. The SMILES string of the molecule is Cc1ccc(C[NH2+]CCCSc2nnnn2C)cc1. The molecule has 0 amide bonds. The average molecular weight is 278 g/mol. The molecule has 1 heterocycles. The van der Waals surface area contributed by atoms with Crippen molar-refractivity contribution in [3.8, 4) is 0 Å². The topological polar surface area (TPSA) is 60.2 Å². The molecule has 0 spiro atoms. The zero-order valence-corrected chi connectivity index (χ0v) is 12.2. The third kappa shape index (κ3) is 4.65. The molecule has 0 bridgehead atoms. The third-order valence-corrected chi connectivity index (χ3v) is 3.96. The number of nitrogens with zero attached hydrogens (tertiary/aromatic N) is 4. The van der Waals surface area contributed by atoms with E-state index < -0.39 is 0 Å². The van der Waals surface area contributed by atoms with Crippen molar-refractivity contribution in [2.24, 2.45) is 7.05 Å². The molecule has 0 saturated heterocycles. The molecule has 0 aliphatic carbocycles. The first kappa shape index (κ1) is 14.0. The Bertz CT molecular complexity index is 494. The van der Waals surface area contributed by atoms with Gasteiger partial charge >= 0.3 is 0 Å². The Labute approximate surface area is 117 Å². The Balaban J connectivity index is 1.57. The molecule has 0 aliphatic rings. The lowest BCUT2D eigenvalue weighted by Gasteiger charge is -2.02. The van der Waals surface area contributed by atoms with E-state index in [0.29, 0.717) is 0 Å². The fourth-order valence-corrected chi connectivity index (χ4v) is 2.54. The summed E-state index contributed by atoms with van der Waals surface area (Å²) in [4.78, 5) is 0. The van der Waals surface area contributed by atoms with E-state index in [9.17, 15) is 0 Å². The van der Waals surface area contributed by atoms with Crippen molar-refractivity contribution < 1.29 is 5.32 Å². The van der Waals surface area contributed by atoms with Gasteiger partial charge in [0, 0.05) is 24.8 Å². The van der Waals surface area contributed by atoms with E-state index in [1.807, 2.05) is 7.05 Å². The van der Waals surface area contributed by atoms with Crippen molar-refractivity contribution in [2.45, 2.75) is 25.0 Å². The highest BCUT2D eigenvalue weighted by Gasteiger charge is 2.02. The molecule has 0 saturated carbocycles. The van der Waals surface area contributed by atoms with Gasteiger partial charge in [-0.25, -0.2) is 4.68 Å². The van der Waals surface area contributed by atoms with Gasteiger partial charge in [0.25, 0.3) is 0 Å². The monoisotopic (exact) mass is 278 g/mol. The van der Waals surface area contributed by atoms with Gasteiger partial charge in [-0.05, 0) is 17.4 Å². The van der Waals surface area contributed by atoms with Crippen molar-refractivity contribution >= 4 is 11.8 Å². The molecule has 0 unspecified atom stereocenters. The molecule has 2 aromatic rings. The van der Waals surface area contributed by atoms with Crippen LogP contribution < -0.4 is 5.32 Å². The lowest BCUT2D eigenvalue weighted by atomic mass is 10.1. The molecule has 1 aromatic heterocycles. The number of tetrazole rings is 1. The maximum absolute atomic E-state index is 3.94. The summed E-state index contributed by atoms with van der Waals surface area (Å²) >= 11 is 1.71. The zero-order chi connectivity index (χ0) is 13.5. The number of thioether (sulfide) groups is 1. The van der Waals surface area contributed by atoms with E-state index in [1.165, 1.54) is 11.1 Å². The molecule has 0 atom stereocenters. The van der Waals surface area contributed by atoms with Gasteiger partial charge in [0.05, 0.1) is 6.54 Å². The minimum atomic E-state index is 0.888. The Morgan fingerprint density at radius 3 is 2.74 bits per heavy atom. The number of hydrogen-bond acceptors (Lipinski definition) is 4. The van der Waals surface area contributed by atoms with Gasteiger partial charge in [0.2, 0.25) is 5.16 Å². The molecule has 5 nitrogen and oxygen atoms in total. The first-order valence-corrected chi connectivity index (χ1v) is 7.46. The van der Waals surface area contributed by atoms with Crippen LogP contribution in [0.3, 0.4) is 0 Å². The van der Waals surface area contributed by atoms with Crippen LogP contribution in [-0.4, -0.2) is 32.5 Å². The lowest BCUT2D eigenvalue weighted by Crippen LogP contribution is -2.82. The minimum Gasteiger partial charge on any atom is -0.342 e. The van der Waals surface area contributed by atoms with Gasteiger partial charge in [-0.2, -0.15) is 0 Å². The smallest absolute Gasteiger partial charge is 0.209 e. The van der Waals surface area contributed by atoms with Gasteiger partial charge in [-0.15, -0.1) is 5.10 Å². The van der Waals surface area contributed by atoms with Gasteiger partial charge in [0.15, 0.2) is 0 Å². The maximum atomic E-state index is 3.94. The molecule has 6 heteroatoms. The van der Waals surface area contributed by atoms with Gasteiger partial charge in [-0.1, -0.05) is 41.6 Å². The number of quaternary nitrogens is 1. The molecular weight excluding hydrogens is 258 g/mol. The van der Waals surface area contributed by atoms with E-state index in [4.69, 9.17) is 0 Å². The summed E-state index contributed by atoms with van der Waals surface area (Å²) in [6.07, 6.45) is 1.16. The van der Waals surface area contributed by atoms with Crippen molar-refractivity contribution in [3.63, 3.8) is 0 Å². The molecule has 2 N–H and O–H groups in total. The summed E-state index contributed by atoms with van der Waals surface area (Å²) in [6, 6.07) is 8.73. The van der Waals surface area contributed by atoms with E-state index in [0.717, 1.165) is 30.4 Å². The number of aromatic nitrogens is 4. The molecule has 0 radical (unpaired) electrons. The quantitative estimate of drug-likeness (QED) is 0.600. The van der Waals surface area contributed by atoms with Crippen LogP contribution in [0.5, 0.6) is 0 Å². The van der Waals surface area contributed by atoms with Crippen LogP contribution in [-0.2, 0) is 13.6 Å². The van der Waals surface area contributed by atoms with E-state index >= 15 is 0 Å². The fourth-order valence-electron chi connectivity index (χ4n) is 1.73. The highest BCUT2D eigenvalue weighted by Crippen LogP contribution is 2.12. The highest BCUT2D eigenvalue weighted by atomic mass is 32.2. The summed E-state index contributed by atoms with van der Waals surface area (Å²) in [5.74, 6) is 1.05. The highest BCUT2D eigenvalue weighted by molar-refractivity contribution is 7.99. The number of benzene rings is 1. The summed E-state index contributed by atoms with van der Waals surface area (Å²) in [6.45, 7) is 4.30. The molecule has 102 valence electrons. The lowest BCUT2D eigenvalue weighted by molar-refractivity contribution is -0.670. The normalized spacial score (nSPS) is 10.8. The first-order valence-electron chi connectivity index (χ1n) is 6.48. The van der Waals surface area contributed by atoms with Crippen molar-refractivity contribution in [2.75, 3.05) is 12.3 Å². The molecule has 2 rings (SSSR count). The second kappa shape index (κ2) is 7.25. The van der Waals surface area contributed by atoms with Crippen LogP contribution in [0.2, 0.25) is 0 Å². The van der Waals surface area contributed by atoms with E-state index in [1.54, 1.807) is 16.4 Å². The van der Waals surface area contributed by atoms with Crippen LogP contribution in [0.1, 0.15) is 17.5 Å². The second-order valence-corrected chi connectivity index (χ2v) is 5.62. The van der Waals surface area contributed by atoms with Crippen LogP contribution in [0, 0.1) is 6.92 Å². The molecule has 0 fully saturated rings. The average Bonchev–Trinajstić information content (AvgIpc) is 2.81. The second-order valence-electron chi connectivity index (χ2n) is 4.55. The summed E-state index contributed by atoms with van der Waals surface area (Å²) in [5.41, 5.74) is 2.70. The van der Waals surface area contributed by atoms with Gasteiger partial charge in [-0.3, -0.25) is 0 Å². The molecule has 1 aromatic carbocycles. The van der Waals surface area contributed by atoms with E-state index in [-0.39, 0.29) is 0 Å². The van der Waals surface area contributed by atoms with Crippen molar-refractivity contribution in [1.29, 1.82) is 0 Å². The van der Waals surface area contributed by atoms with Crippen molar-refractivity contribution in [1.82, 2.24) is 20.2 Å². The van der Waals surface area contributed by atoms with Crippen LogP contribution in [0.15, 0.2) is 29.4 Å². The standard InChI is InChI=1S/C13H19N5S/c1-11-4-6-12(7-5-11)10-14-8-3-9-19-13-15-16-17-18(13)2/h4-7,14H,3,8-10H2,1-2H3/p+1. The number of rotatable bonds is 7. The fraction of sp³-hybridized carbons (Fsp3) is 0.462. The Kier molecular flexibility index (Phi) is 5.35.